The van der Waals surface area contributed by atoms with Gasteiger partial charge in [-0.15, -0.1) is 0 Å². The zero-order valence-electron chi connectivity index (χ0n) is 1.24. The van der Waals surface area contributed by atoms with Gasteiger partial charge in [0.2, 0.25) is 0 Å². The zero-order valence-corrected chi connectivity index (χ0v) is 8.68. The van der Waals surface area contributed by atoms with Crippen molar-refractivity contribution in [2.45, 2.75) is 0 Å². The Kier molecular flexibility index (Phi) is 124. The van der Waals surface area contributed by atoms with Crippen LogP contribution in [0.5, 0.6) is 0 Å². The van der Waals surface area contributed by atoms with Crippen molar-refractivity contribution < 1.29 is 85.6 Å². The summed E-state index contributed by atoms with van der Waals surface area (Å²) in [6.07, 6.45) is 0. The molecule has 0 aliphatic heterocycles. The molecule has 0 amide bonds. The molecular weight excluding hydrogens is 607 g/mol. The quantitative estimate of drug-likeness (QED) is 0.341. The van der Waals surface area contributed by atoms with Gasteiger partial charge in [0.05, 0.1) is 0 Å². The molecular formula is Au2Pd2. The average Bonchev–Trinajstić information content (AvgIpc) is 0. The van der Waals surface area contributed by atoms with Gasteiger partial charge in [0, 0.05) is 85.6 Å². The van der Waals surface area contributed by atoms with Crippen molar-refractivity contribution in [2.24, 2.45) is 0 Å². The van der Waals surface area contributed by atoms with Crippen LogP contribution in [0.4, 0.5) is 0 Å². The van der Waals surface area contributed by atoms with Crippen LogP contribution in [0.1, 0.15) is 0 Å². The van der Waals surface area contributed by atoms with Crippen LogP contribution < -0.4 is 0 Å². The van der Waals surface area contributed by atoms with E-state index in [0.717, 1.165) is 0 Å². The van der Waals surface area contributed by atoms with Crippen LogP contribution in [0.2, 0.25) is 0 Å². The van der Waals surface area contributed by atoms with Gasteiger partial charge in [0.1, 0.15) is 0 Å². The molecule has 0 aromatic rings. The fourth-order valence-electron chi connectivity index (χ4n) is 0. The normalized spacial score (nSPS) is 0. The second kappa shape index (κ2) is 17.0. The monoisotopic (exact) mass is 606 g/mol. The Morgan fingerprint density at radius 3 is 0.500 bits per heavy atom. The van der Waals surface area contributed by atoms with E-state index in [0.29, 0.717) is 0 Å². The van der Waals surface area contributed by atoms with Crippen LogP contribution in [-0.2, 0) is 85.6 Å². The molecule has 0 bridgehead atoms. The molecule has 0 aliphatic carbocycles. The van der Waals surface area contributed by atoms with Gasteiger partial charge in [0.15, 0.2) is 0 Å². The average molecular weight is 607 g/mol. The van der Waals surface area contributed by atoms with E-state index in [2.05, 4.69) is 0 Å². The Morgan fingerprint density at radius 1 is 0.500 bits per heavy atom. The maximum absolute atomic E-state index is 0. The van der Waals surface area contributed by atoms with E-state index < -0.39 is 0 Å². The van der Waals surface area contributed by atoms with Gasteiger partial charge in [-0.25, -0.2) is 0 Å². The summed E-state index contributed by atoms with van der Waals surface area (Å²) >= 11 is 0. The van der Waals surface area contributed by atoms with Gasteiger partial charge in [-0.05, 0) is 0 Å². The Labute approximate surface area is 84.2 Å². The second-order valence-corrected chi connectivity index (χ2v) is 0. The van der Waals surface area contributed by atoms with Gasteiger partial charge >= 0.3 is 0 Å². The molecule has 0 aromatic heterocycles. The smallest absolute Gasteiger partial charge is 0 e. The first kappa shape index (κ1) is 29.1. The molecule has 0 rings (SSSR count). The predicted octanol–water partition coefficient (Wildman–Crippen LogP) is -0.0100. The van der Waals surface area contributed by atoms with Gasteiger partial charge in [-0.2, -0.15) is 0 Å². The van der Waals surface area contributed by atoms with Gasteiger partial charge < -0.3 is 0 Å². The van der Waals surface area contributed by atoms with E-state index in [1.807, 2.05) is 0 Å². The molecule has 4 heteroatoms. The molecule has 0 unspecified atom stereocenters. The van der Waals surface area contributed by atoms with Crippen molar-refractivity contribution >= 4 is 0 Å². The van der Waals surface area contributed by atoms with E-state index in [-0.39, 0.29) is 85.6 Å². The van der Waals surface area contributed by atoms with Crippen LogP contribution in [-0.4, -0.2) is 0 Å². The molecule has 0 saturated carbocycles. The molecule has 0 heterocycles. The first-order valence-electron chi connectivity index (χ1n) is 0. The summed E-state index contributed by atoms with van der Waals surface area (Å²) in [5.74, 6) is 0. The van der Waals surface area contributed by atoms with Crippen molar-refractivity contribution in [3.63, 3.8) is 0 Å². The maximum Gasteiger partial charge on any atom is 0 e. The summed E-state index contributed by atoms with van der Waals surface area (Å²) in [4.78, 5) is 0. The third kappa shape index (κ3) is 8.84. The van der Waals surface area contributed by atoms with Crippen LogP contribution in [0.15, 0.2) is 0 Å². The van der Waals surface area contributed by atoms with E-state index in [9.17, 15) is 0 Å². The van der Waals surface area contributed by atoms with Crippen LogP contribution in [0.3, 0.4) is 0 Å². The van der Waals surface area contributed by atoms with E-state index in [1.165, 1.54) is 0 Å². The van der Waals surface area contributed by atoms with Crippen LogP contribution in [0.25, 0.3) is 0 Å². The zero-order chi connectivity index (χ0) is 0. The Balaban J connectivity index is 0. The summed E-state index contributed by atoms with van der Waals surface area (Å²) in [5, 5.41) is 0. The Bertz CT molecular complexity index is 4.00. The summed E-state index contributed by atoms with van der Waals surface area (Å²) in [5.41, 5.74) is 0. The molecule has 2 radical (unpaired) electrons. The van der Waals surface area contributed by atoms with E-state index in [4.69, 9.17) is 0 Å². The molecule has 42 valence electrons. The van der Waals surface area contributed by atoms with Crippen LogP contribution in [0, 0.1) is 0 Å². The Morgan fingerprint density at radius 2 is 0.500 bits per heavy atom. The molecule has 0 aromatic carbocycles. The van der Waals surface area contributed by atoms with Crippen molar-refractivity contribution in [1.82, 2.24) is 0 Å². The van der Waals surface area contributed by atoms with E-state index >= 15 is 0 Å². The third-order valence-corrected chi connectivity index (χ3v) is 0. The number of rotatable bonds is 0. The standard InChI is InChI=1S/2Au.2Pd. The van der Waals surface area contributed by atoms with Gasteiger partial charge in [-0.3, -0.25) is 0 Å². The SMILES string of the molecule is [Au].[Au].[Pd].[Pd]. The molecule has 0 N–H and O–H groups in total. The fourth-order valence-corrected chi connectivity index (χ4v) is 0. The van der Waals surface area contributed by atoms with Crippen molar-refractivity contribution in [2.75, 3.05) is 0 Å². The molecule has 0 atom stereocenters. The number of hydrogen-bond donors (Lipinski definition) is 0. The minimum atomic E-state index is 0. The summed E-state index contributed by atoms with van der Waals surface area (Å²) in [7, 11) is 0. The molecule has 0 aliphatic rings. The van der Waals surface area contributed by atoms with Gasteiger partial charge in [0.25, 0.3) is 0 Å². The fraction of sp³-hybridized carbons (Fsp3) is 0. The molecule has 4 heavy (non-hydrogen) atoms. The molecule has 0 fully saturated rings. The van der Waals surface area contributed by atoms with Crippen molar-refractivity contribution in [3.8, 4) is 0 Å². The summed E-state index contributed by atoms with van der Waals surface area (Å²) in [6.45, 7) is 0. The van der Waals surface area contributed by atoms with Gasteiger partial charge in [-0.1, -0.05) is 0 Å². The summed E-state index contributed by atoms with van der Waals surface area (Å²) < 4.78 is 0. The van der Waals surface area contributed by atoms with Crippen molar-refractivity contribution in [1.29, 1.82) is 0 Å². The number of hydrogen-bond acceptors (Lipinski definition) is 0. The first-order chi connectivity index (χ1) is 0. The minimum absolute atomic E-state index is 0. The molecule has 0 saturated heterocycles. The minimum Gasteiger partial charge on any atom is 0 e. The largest absolute Gasteiger partial charge is 0 e. The second-order valence-electron chi connectivity index (χ2n) is 0. The topological polar surface area (TPSA) is 0 Å². The van der Waals surface area contributed by atoms with Crippen molar-refractivity contribution in [3.05, 3.63) is 0 Å². The first-order valence-corrected chi connectivity index (χ1v) is 0. The summed E-state index contributed by atoms with van der Waals surface area (Å²) in [6, 6.07) is 0. The van der Waals surface area contributed by atoms with E-state index in [1.54, 1.807) is 0 Å². The Hall–Kier alpha value is 2.81. The van der Waals surface area contributed by atoms with Crippen LogP contribution >= 0.6 is 0 Å². The third-order valence-electron chi connectivity index (χ3n) is 0. The maximum atomic E-state index is 0. The molecule has 0 spiro atoms. The molecule has 0 nitrogen and oxygen atoms in total. The predicted molar refractivity (Wildman–Crippen MR) is 0 cm³/mol.